The SMILES string of the molecule is CCCCNS(=O)(=O)c1ccc(OCC(=O)Nc2ccc(C(=O)OCC)cc2)cc1. The number of ether oxygens (including phenoxy) is 2. The largest absolute Gasteiger partial charge is 0.484 e. The molecule has 1 amide bonds. The van der Waals surface area contributed by atoms with Crippen LogP contribution in [0.4, 0.5) is 5.69 Å². The first-order chi connectivity index (χ1) is 14.4. The second kappa shape index (κ2) is 11.3. The number of carbonyl (C=O) groups excluding carboxylic acids is 2. The highest BCUT2D eigenvalue weighted by Gasteiger charge is 2.13. The van der Waals surface area contributed by atoms with Gasteiger partial charge in [0.2, 0.25) is 10.0 Å². The maximum atomic E-state index is 12.1. The molecule has 0 aromatic heterocycles. The van der Waals surface area contributed by atoms with Crippen LogP contribution in [0, 0.1) is 0 Å². The van der Waals surface area contributed by atoms with Crippen molar-refractivity contribution < 1.29 is 27.5 Å². The molecule has 0 spiro atoms. The van der Waals surface area contributed by atoms with Crippen molar-refractivity contribution >= 4 is 27.6 Å². The fourth-order valence-electron chi connectivity index (χ4n) is 2.43. The van der Waals surface area contributed by atoms with E-state index >= 15 is 0 Å². The summed E-state index contributed by atoms with van der Waals surface area (Å²) in [6.45, 7) is 4.13. The standard InChI is InChI=1S/C21H26N2O6S/c1-3-5-14-22-30(26,27)19-12-10-18(11-13-19)29-15-20(24)23-17-8-6-16(7-9-17)21(25)28-4-2/h6-13,22H,3-5,14-15H2,1-2H3,(H,23,24). The molecule has 8 nitrogen and oxygen atoms in total. The number of carbonyl (C=O) groups is 2. The van der Waals surface area contributed by atoms with Crippen LogP contribution in [0.15, 0.2) is 53.4 Å². The molecule has 0 unspecified atom stereocenters. The van der Waals surface area contributed by atoms with Gasteiger partial charge >= 0.3 is 5.97 Å². The molecule has 2 aromatic rings. The zero-order valence-electron chi connectivity index (χ0n) is 17.0. The lowest BCUT2D eigenvalue weighted by Gasteiger charge is -2.09. The Balaban J connectivity index is 1.85. The van der Waals surface area contributed by atoms with Gasteiger partial charge in [-0.05, 0) is 61.9 Å². The van der Waals surface area contributed by atoms with Gasteiger partial charge in [-0.2, -0.15) is 0 Å². The number of unbranched alkanes of at least 4 members (excludes halogenated alkanes) is 1. The van der Waals surface area contributed by atoms with E-state index in [1.165, 1.54) is 24.3 Å². The summed E-state index contributed by atoms with van der Waals surface area (Å²) in [7, 11) is -3.55. The number of amides is 1. The van der Waals surface area contributed by atoms with Gasteiger partial charge in [0.1, 0.15) is 5.75 Å². The van der Waals surface area contributed by atoms with Crippen LogP contribution in [0.25, 0.3) is 0 Å². The molecule has 0 aliphatic rings. The minimum Gasteiger partial charge on any atom is -0.484 e. The van der Waals surface area contributed by atoms with Crippen LogP contribution >= 0.6 is 0 Å². The summed E-state index contributed by atoms with van der Waals surface area (Å²) in [5.74, 6) is -0.447. The lowest BCUT2D eigenvalue weighted by Crippen LogP contribution is -2.24. The molecule has 2 rings (SSSR count). The van der Waals surface area contributed by atoms with Crippen LogP contribution in [0.3, 0.4) is 0 Å². The Kier molecular flexibility index (Phi) is 8.82. The summed E-state index contributed by atoms with van der Waals surface area (Å²) >= 11 is 0. The van der Waals surface area contributed by atoms with Gasteiger partial charge < -0.3 is 14.8 Å². The van der Waals surface area contributed by atoms with Crippen molar-refractivity contribution in [3.05, 3.63) is 54.1 Å². The van der Waals surface area contributed by atoms with Crippen LogP contribution < -0.4 is 14.8 Å². The maximum absolute atomic E-state index is 12.1. The third kappa shape index (κ3) is 7.16. The normalized spacial score (nSPS) is 11.0. The number of sulfonamides is 1. The molecule has 0 radical (unpaired) electrons. The molecule has 0 aliphatic carbocycles. The molecule has 30 heavy (non-hydrogen) atoms. The summed E-state index contributed by atoms with van der Waals surface area (Å²) < 4.78 is 37.1. The van der Waals surface area contributed by atoms with Crippen molar-refractivity contribution in [3.8, 4) is 5.75 Å². The topological polar surface area (TPSA) is 111 Å². The molecular weight excluding hydrogens is 408 g/mol. The van der Waals surface area contributed by atoms with E-state index in [4.69, 9.17) is 9.47 Å². The molecule has 0 aliphatic heterocycles. The number of hydrogen-bond donors (Lipinski definition) is 2. The number of hydrogen-bond acceptors (Lipinski definition) is 6. The van der Waals surface area contributed by atoms with Gasteiger partial charge in [-0.25, -0.2) is 17.9 Å². The van der Waals surface area contributed by atoms with Crippen molar-refractivity contribution in [3.63, 3.8) is 0 Å². The molecule has 0 atom stereocenters. The lowest BCUT2D eigenvalue weighted by atomic mass is 10.2. The predicted octanol–water partition coefficient (Wildman–Crippen LogP) is 2.96. The molecule has 9 heteroatoms. The third-order valence-electron chi connectivity index (χ3n) is 4.01. The highest BCUT2D eigenvalue weighted by Crippen LogP contribution is 2.16. The van der Waals surface area contributed by atoms with Gasteiger partial charge in [0.05, 0.1) is 17.1 Å². The summed E-state index contributed by atoms with van der Waals surface area (Å²) in [6, 6.07) is 12.1. The molecule has 2 N–H and O–H groups in total. The van der Waals surface area contributed by atoms with Gasteiger partial charge in [0.25, 0.3) is 5.91 Å². The summed E-state index contributed by atoms with van der Waals surface area (Å²) in [5.41, 5.74) is 0.904. The minimum absolute atomic E-state index is 0.136. The lowest BCUT2D eigenvalue weighted by molar-refractivity contribution is -0.118. The van der Waals surface area contributed by atoms with E-state index in [1.54, 1.807) is 31.2 Å². The molecular formula is C21H26N2O6S. The Morgan fingerprint density at radius 3 is 2.23 bits per heavy atom. The van der Waals surface area contributed by atoms with E-state index < -0.39 is 21.9 Å². The highest BCUT2D eigenvalue weighted by molar-refractivity contribution is 7.89. The molecule has 0 heterocycles. The van der Waals surface area contributed by atoms with Crippen LogP contribution in [-0.4, -0.2) is 40.1 Å². The molecule has 0 bridgehead atoms. The molecule has 0 fully saturated rings. The molecule has 162 valence electrons. The van der Waals surface area contributed by atoms with Gasteiger partial charge in [0.15, 0.2) is 6.61 Å². The summed E-state index contributed by atoms with van der Waals surface area (Å²) in [6.07, 6.45) is 1.66. The maximum Gasteiger partial charge on any atom is 0.338 e. The van der Waals surface area contributed by atoms with E-state index in [9.17, 15) is 18.0 Å². The first-order valence-electron chi connectivity index (χ1n) is 9.65. The predicted molar refractivity (Wildman–Crippen MR) is 113 cm³/mol. The smallest absolute Gasteiger partial charge is 0.338 e. The highest BCUT2D eigenvalue weighted by atomic mass is 32.2. The van der Waals surface area contributed by atoms with E-state index in [1.807, 2.05) is 6.92 Å². The molecule has 0 saturated carbocycles. The Morgan fingerprint density at radius 1 is 0.967 bits per heavy atom. The average Bonchev–Trinajstić information content (AvgIpc) is 2.73. The first kappa shape index (κ1) is 23.4. The van der Waals surface area contributed by atoms with E-state index in [0.717, 1.165) is 12.8 Å². The fraction of sp³-hybridized carbons (Fsp3) is 0.333. The van der Waals surface area contributed by atoms with Crippen LogP contribution in [0.5, 0.6) is 5.75 Å². The van der Waals surface area contributed by atoms with Gasteiger partial charge in [-0.3, -0.25) is 4.79 Å². The number of nitrogens with one attached hydrogen (secondary N) is 2. The average molecular weight is 435 g/mol. The second-order valence-corrected chi connectivity index (χ2v) is 8.12. The monoisotopic (exact) mass is 434 g/mol. The van der Waals surface area contributed by atoms with Crippen molar-refractivity contribution in [1.29, 1.82) is 0 Å². The third-order valence-corrected chi connectivity index (χ3v) is 5.48. The molecule has 2 aromatic carbocycles. The van der Waals surface area contributed by atoms with Crippen molar-refractivity contribution in [2.75, 3.05) is 25.1 Å². The van der Waals surface area contributed by atoms with E-state index in [-0.39, 0.29) is 18.1 Å². The molecule has 0 saturated heterocycles. The summed E-state index contributed by atoms with van der Waals surface area (Å²) in [5, 5.41) is 2.65. The van der Waals surface area contributed by atoms with Crippen molar-refractivity contribution in [1.82, 2.24) is 4.72 Å². The quantitative estimate of drug-likeness (QED) is 0.416. The second-order valence-electron chi connectivity index (χ2n) is 6.36. The van der Waals surface area contributed by atoms with Gasteiger partial charge in [-0.1, -0.05) is 13.3 Å². The minimum atomic E-state index is -3.55. The van der Waals surface area contributed by atoms with Crippen molar-refractivity contribution in [2.45, 2.75) is 31.6 Å². The number of benzene rings is 2. The zero-order valence-corrected chi connectivity index (χ0v) is 17.8. The van der Waals surface area contributed by atoms with E-state index in [0.29, 0.717) is 23.5 Å². The van der Waals surface area contributed by atoms with Crippen LogP contribution in [0.2, 0.25) is 0 Å². The number of esters is 1. The summed E-state index contributed by atoms with van der Waals surface area (Å²) in [4.78, 5) is 23.8. The Bertz CT molecular complexity index is 940. The van der Waals surface area contributed by atoms with Crippen LogP contribution in [-0.2, 0) is 19.6 Å². The van der Waals surface area contributed by atoms with E-state index in [2.05, 4.69) is 10.0 Å². The Hall–Kier alpha value is -2.91. The zero-order chi connectivity index (χ0) is 22.0. The Labute approximate surface area is 176 Å². The van der Waals surface area contributed by atoms with Gasteiger partial charge in [0, 0.05) is 12.2 Å². The number of anilines is 1. The Morgan fingerprint density at radius 2 is 1.63 bits per heavy atom. The van der Waals surface area contributed by atoms with Crippen molar-refractivity contribution in [2.24, 2.45) is 0 Å². The van der Waals surface area contributed by atoms with Crippen LogP contribution in [0.1, 0.15) is 37.0 Å². The fourth-order valence-corrected chi connectivity index (χ4v) is 3.51. The number of rotatable bonds is 11. The van der Waals surface area contributed by atoms with Gasteiger partial charge in [-0.15, -0.1) is 0 Å². The first-order valence-corrected chi connectivity index (χ1v) is 11.1.